The number of fused-ring (bicyclic) bond motifs is 2. The number of carbonyl (C=O) groups excluding carboxylic acids is 1. The number of aromatic nitrogens is 3. The molecule has 0 bridgehead atoms. The molecule has 1 aromatic heterocycles. The quantitative estimate of drug-likeness (QED) is 0.0195. The van der Waals surface area contributed by atoms with Crippen LogP contribution in [0.4, 0.5) is 29.2 Å². The van der Waals surface area contributed by atoms with Crippen LogP contribution >= 0.6 is 12.0 Å². The Morgan fingerprint density at radius 1 is 0.638 bits per heavy atom. The summed E-state index contributed by atoms with van der Waals surface area (Å²) in [5.41, 5.74) is 0.438. The summed E-state index contributed by atoms with van der Waals surface area (Å²) in [4.78, 5) is 21.2. The standard InChI is InChI=1S/C29H28N6O14S4.5Na/c36-26(37)4-2-1-3-9-30-27-33-28(31-18-5-7-22-16(10-18)12-20(50-49-48-38)14-24(22)52(42,43)44)35-29(34-27)32-19-6-8-23-17(11-19)13-21(51(39,40)41)15-25(23)53(45,46)47;;;;;/h5-8,10-15,38H,1-4,9H2,(H,36,37)(H,39,40,41)(H,42,43,44)(H,45,46,47)(H3,30,31,32,33,34,35);;;;;/q;5*+1/p-5. The van der Waals surface area contributed by atoms with Gasteiger partial charge >= 0.3 is 148 Å². The molecule has 1 heterocycles. The molecule has 4 aromatic carbocycles. The summed E-state index contributed by atoms with van der Waals surface area (Å²) >= 11 is 0.368. The fourth-order valence-corrected chi connectivity index (χ4v) is 7.61. The summed E-state index contributed by atoms with van der Waals surface area (Å²) in [6, 6.07) is 11.8. The van der Waals surface area contributed by atoms with Crippen LogP contribution in [0.25, 0.3) is 21.5 Å². The molecule has 20 nitrogen and oxygen atoms in total. The van der Waals surface area contributed by atoms with E-state index in [1.807, 2.05) is 0 Å². The largest absolute Gasteiger partial charge is 1.00 e. The van der Waals surface area contributed by atoms with E-state index in [0.717, 1.165) is 12.1 Å². The number of rotatable bonds is 17. The van der Waals surface area contributed by atoms with Crippen molar-refractivity contribution in [3.63, 3.8) is 0 Å². The number of aliphatic carboxylic acids is 1. The zero-order valence-electron chi connectivity index (χ0n) is 31.5. The number of hydrogen-bond acceptors (Lipinski definition) is 21. The minimum atomic E-state index is -5.20. The normalized spacial score (nSPS) is 11.2. The van der Waals surface area contributed by atoms with Gasteiger partial charge in [-0.05, 0) is 89.3 Å². The maximum absolute atomic E-state index is 12.0. The van der Waals surface area contributed by atoms with Gasteiger partial charge in [0.2, 0.25) is 17.8 Å². The molecule has 29 heteroatoms. The summed E-state index contributed by atoms with van der Waals surface area (Å²) < 4.78 is 111. The molecule has 0 aliphatic carbocycles. The SMILES string of the molecule is O=C([O-])CCCCCNc1nc(Nc2ccc3c(S(=O)(=O)[O-])cc(SOO[O-])cc3c2)nc(Nc2ccc3c(S(=O)(=O)[O-])cc(S(=O)(=O)[O-])cc3c2)n1.[Na+].[Na+].[Na+].[Na+].[Na+]. The molecule has 0 atom stereocenters. The first kappa shape index (κ1) is 58.2. The minimum Gasteiger partial charge on any atom is -0.744 e. The molecule has 5 rings (SSSR count). The number of nitrogens with zero attached hydrogens (tertiary/aromatic N) is 3. The molecule has 0 amide bonds. The topological polar surface area (TPSA) is 328 Å². The third-order valence-electron chi connectivity index (χ3n) is 7.25. The van der Waals surface area contributed by atoms with Crippen molar-refractivity contribution in [1.29, 1.82) is 0 Å². The number of benzene rings is 4. The first-order chi connectivity index (χ1) is 24.9. The van der Waals surface area contributed by atoms with Gasteiger partial charge in [-0.1, -0.05) is 18.6 Å². The van der Waals surface area contributed by atoms with E-state index in [1.54, 1.807) is 0 Å². The van der Waals surface area contributed by atoms with Gasteiger partial charge in [0.1, 0.15) is 30.4 Å². The van der Waals surface area contributed by atoms with Gasteiger partial charge in [0.15, 0.2) is 0 Å². The predicted molar refractivity (Wildman–Crippen MR) is 178 cm³/mol. The summed E-state index contributed by atoms with van der Waals surface area (Å²) in [6.07, 6.45) is 1.31. The van der Waals surface area contributed by atoms with Crippen LogP contribution in [0, 0.1) is 0 Å². The maximum atomic E-state index is 12.0. The second-order valence-electron chi connectivity index (χ2n) is 11.0. The Morgan fingerprint density at radius 2 is 1.14 bits per heavy atom. The molecule has 5 aromatic rings. The molecule has 0 unspecified atom stereocenters. The smallest absolute Gasteiger partial charge is 0.744 e. The first-order valence-corrected chi connectivity index (χ1v) is 19.8. The van der Waals surface area contributed by atoms with Crippen molar-refractivity contribution in [2.45, 2.75) is 45.3 Å². The Hall–Kier alpha value is 0.240. The van der Waals surface area contributed by atoms with Crippen LogP contribution in [-0.2, 0) is 44.5 Å². The van der Waals surface area contributed by atoms with Gasteiger partial charge in [-0.3, -0.25) is 5.04 Å². The van der Waals surface area contributed by atoms with E-state index in [4.69, 9.17) is 0 Å². The van der Waals surface area contributed by atoms with Crippen LogP contribution in [0.15, 0.2) is 80.2 Å². The molecule has 0 saturated heterocycles. The zero-order valence-corrected chi connectivity index (χ0v) is 44.8. The molecule has 282 valence electrons. The molecule has 0 aliphatic heterocycles. The zero-order chi connectivity index (χ0) is 38.6. The van der Waals surface area contributed by atoms with Crippen molar-refractivity contribution < 1.29 is 211 Å². The fraction of sp³-hybridized carbons (Fsp3) is 0.172. The van der Waals surface area contributed by atoms with Crippen LogP contribution in [0.2, 0.25) is 0 Å². The number of carboxylic acids is 1. The molecule has 0 aliphatic rings. The van der Waals surface area contributed by atoms with Crippen LogP contribution in [-0.4, -0.2) is 66.4 Å². The molecular weight excluding hydrogens is 900 g/mol. The third kappa shape index (κ3) is 16.7. The van der Waals surface area contributed by atoms with E-state index in [1.165, 1.54) is 42.5 Å². The van der Waals surface area contributed by atoms with Gasteiger partial charge in [0, 0.05) is 28.8 Å². The Labute approximate surface area is 447 Å². The minimum absolute atomic E-state index is 0. The Bertz CT molecular complexity index is 2560. The molecular formula is C29H23N6Na5O14S4. The number of carboxylic acid groups (broad SMARTS) is 1. The van der Waals surface area contributed by atoms with Gasteiger partial charge in [-0.25, -0.2) is 25.3 Å². The number of hydrogen-bond donors (Lipinski definition) is 3. The monoisotopic (exact) mass is 922 g/mol. The number of unbranched alkanes of at least 4 members (excludes halogenated alkanes) is 2. The molecule has 0 fully saturated rings. The molecule has 0 spiro atoms. The van der Waals surface area contributed by atoms with E-state index in [-0.39, 0.29) is 210 Å². The molecule has 58 heavy (non-hydrogen) atoms. The summed E-state index contributed by atoms with van der Waals surface area (Å²) in [6.45, 7) is 0.294. The van der Waals surface area contributed by atoms with E-state index in [0.29, 0.717) is 43.9 Å². The van der Waals surface area contributed by atoms with Gasteiger partial charge in [-0.15, -0.1) is 0 Å². The van der Waals surface area contributed by atoms with Crippen molar-refractivity contribution in [1.82, 2.24) is 15.0 Å². The molecule has 0 radical (unpaired) electrons. The fourth-order valence-electron chi connectivity index (χ4n) is 5.03. The predicted octanol–water partition coefficient (Wildman–Crippen LogP) is -13.6. The molecule has 3 N–H and O–H groups in total. The Morgan fingerprint density at radius 3 is 1.62 bits per heavy atom. The van der Waals surface area contributed by atoms with Crippen LogP contribution in [0.5, 0.6) is 0 Å². The van der Waals surface area contributed by atoms with Gasteiger partial charge in [0.05, 0.1) is 26.7 Å². The van der Waals surface area contributed by atoms with Crippen LogP contribution in [0.1, 0.15) is 25.7 Å². The maximum Gasteiger partial charge on any atom is 1.00 e. The summed E-state index contributed by atoms with van der Waals surface area (Å²) in [5.74, 6) is -1.38. The van der Waals surface area contributed by atoms with Crippen molar-refractivity contribution in [3.8, 4) is 0 Å². The van der Waals surface area contributed by atoms with E-state index in [2.05, 4.69) is 40.3 Å². The third-order valence-corrected chi connectivity index (χ3v) is 10.4. The second kappa shape index (κ2) is 25.5. The van der Waals surface area contributed by atoms with Crippen molar-refractivity contribution in [2.75, 3.05) is 22.5 Å². The van der Waals surface area contributed by atoms with Gasteiger partial charge in [0.25, 0.3) is 0 Å². The summed E-state index contributed by atoms with van der Waals surface area (Å²) in [7, 11) is -15.3. The summed E-state index contributed by atoms with van der Waals surface area (Å²) in [5, 5.41) is 33.1. The Kier molecular flexibility index (Phi) is 25.6. The average Bonchev–Trinajstić information content (AvgIpc) is 3.06. The van der Waals surface area contributed by atoms with E-state index >= 15 is 0 Å². The van der Waals surface area contributed by atoms with E-state index in [9.17, 15) is 54.1 Å². The van der Waals surface area contributed by atoms with E-state index < -0.39 is 51.0 Å². The second-order valence-corrected chi connectivity index (χ2v) is 15.8. The average molecular weight is 923 g/mol. The number of nitrogens with one attached hydrogen (secondary N) is 3. The van der Waals surface area contributed by atoms with Crippen LogP contribution < -0.4 is 174 Å². The Balaban J connectivity index is 0.00000650. The van der Waals surface area contributed by atoms with Crippen molar-refractivity contribution >= 4 is 99.1 Å². The van der Waals surface area contributed by atoms with Crippen molar-refractivity contribution in [3.05, 3.63) is 60.7 Å². The first-order valence-electron chi connectivity index (χ1n) is 14.8. The van der Waals surface area contributed by atoms with Crippen molar-refractivity contribution in [2.24, 2.45) is 0 Å². The van der Waals surface area contributed by atoms with Gasteiger partial charge in [-0.2, -0.15) is 19.3 Å². The number of anilines is 5. The number of carbonyl (C=O) groups is 1. The van der Waals surface area contributed by atoms with Gasteiger partial charge < -0.3 is 44.8 Å². The van der Waals surface area contributed by atoms with Crippen LogP contribution in [0.3, 0.4) is 0 Å². The molecule has 0 saturated carbocycles.